The van der Waals surface area contributed by atoms with E-state index in [0.717, 1.165) is 31.5 Å². The minimum absolute atomic E-state index is 0.00562. The molecule has 0 radical (unpaired) electrons. The van der Waals surface area contributed by atoms with E-state index in [2.05, 4.69) is 36.2 Å². The van der Waals surface area contributed by atoms with E-state index in [4.69, 9.17) is 0 Å². The van der Waals surface area contributed by atoms with Gasteiger partial charge in [-0.15, -0.1) is 0 Å². The predicted molar refractivity (Wildman–Crippen MR) is 148 cm³/mol. The molecule has 37 heavy (non-hydrogen) atoms. The Bertz CT molecular complexity index is 972. The van der Waals surface area contributed by atoms with Gasteiger partial charge in [-0.3, -0.25) is 14.5 Å². The lowest BCUT2D eigenvalue weighted by Gasteiger charge is -2.42. The van der Waals surface area contributed by atoms with Crippen LogP contribution in [0.3, 0.4) is 0 Å². The molecule has 2 N–H and O–H groups in total. The molecule has 1 aromatic carbocycles. The van der Waals surface area contributed by atoms with Crippen LogP contribution in [0.5, 0.6) is 0 Å². The van der Waals surface area contributed by atoms with Crippen molar-refractivity contribution in [3.8, 4) is 0 Å². The maximum atomic E-state index is 14.1. The van der Waals surface area contributed by atoms with E-state index >= 15 is 0 Å². The number of likely N-dealkylation sites (tertiary alicyclic amines) is 1. The van der Waals surface area contributed by atoms with Crippen molar-refractivity contribution in [2.75, 3.05) is 20.1 Å². The van der Waals surface area contributed by atoms with Crippen LogP contribution in [-0.4, -0.2) is 71.0 Å². The van der Waals surface area contributed by atoms with Crippen molar-refractivity contribution in [2.24, 2.45) is 11.3 Å². The summed E-state index contributed by atoms with van der Waals surface area (Å²) in [6, 6.07) is 8.44. The number of carboxylic acids is 1. The molecular formula is C30H47N3O4. The van der Waals surface area contributed by atoms with Crippen molar-refractivity contribution in [1.29, 1.82) is 0 Å². The highest BCUT2D eigenvalue weighted by Crippen LogP contribution is 2.33. The van der Waals surface area contributed by atoms with Gasteiger partial charge in [0.05, 0.1) is 12.1 Å². The van der Waals surface area contributed by atoms with E-state index in [1.807, 2.05) is 52.8 Å². The van der Waals surface area contributed by atoms with Crippen LogP contribution >= 0.6 is 0 Å². The van der Waals surface area contributed by atoms with Crippen molar-refractivity contribution in [2.45, 2.75) is 91.8 Å². The van der Waals surface area contributed by atoms with Gasteiger partial charge in [0.2, 0.25) is 11.8 Å². The summed E-state index contributed by atoms with van der Waals surface area (Å²) in [5.41, 5.74) is 0.232. The summed E-state index contributed by atoms with van der Waals surface area (Å²) < 4.78 is 0. The fourth-order valence-corrected chi connectivity index (χ4v) is 5.27. The highest BCUT2D eigenvalue weighted by atomic mass is 16.4. The number of aliphatic carboxylic acids is 1. The Morgan fingerprint density at radius 1 is 1.03 bits per heavy atom. The van der Waals surface area contributed by atoms with Gasteiger partial charge in [0.1, 0.15) is 6.04 Å². The molecule has 3 atom stereocenters. The number of likely N-dealkylation sites (N-methyl/N-ethyl adjacent to an activating group) is 1. The largest absolute Gasteiger partial charge is 0.478 e. The zero-order valence-corrected chi connectivity index (χ0v) is 24.2. The number of nitrogens with one attached hydrogen (secondary N) is 1. The van der Waals surface area contributed by atoms with Crippen LogP contribution in [0.25, 0.3) is 0 Å². The number of carbonyl (C=O) groups is 3. The Morgan fingerprint density at radius 3 is 2.03 bits per heavy atom. The third-order valence-corrected chi connectivity index (χ3v) is 7.59. The number of rotatable bonds is 10. The second-order valence-electron chi connectivity index (χ2n) is 12.4. The summed E-state index contributed by atoms with van der Waals surface area (Å²) in [6.45, 7) is 17.2. The lowest BCUT2D eigenvalue weighted by Crippen LogP contribution is -2.62. The van der Waals surface area contributed by atoms with E-state index in [1.54, 1.807) is 18.0 Å². The van der Waals surface area contributed by atoms with Crippen LogP contribution < -0.4 is 5.32 Å². The molecule has 206 valence electrons. The fourth-order valence-electron chi connectivity index (χ4n) is 5.27. The van der Waals surface area contributed by atoms with Gasteiger partial charge in [0.25, 0.3) is 0 Å². The lowest BCUT2D eigenvalue weighted by atomic mass is 9.76. The molecule has 1 aromatic rings. The molecule has 0 spiro atoms. The number of carbonyl (C=O) groups excluding carboxylic acids is 2. The van der Waals surface area contributed by atoms with E-state index < -0.39 is 34.9 Å². The quantitative estimate of drug-likeness (QED) is 0.451. The minimum atomic E-state index is -1.01. The van der Waals surface area contributed by atoms with Crippen molar-refractivity contribution in [3.63, 3.8) is 0 Å². The molecule has 0 bridgehead atoms. The van der Waals surface area contributed by atoms with E-state index in [0.29, 0.717) is 0 Å². The van der Waals surface area contributed by atoms with Crippen molar-refractivity contribution in [1.82, 2.24) is 15.1 Å². The van der Waals surface area contributed by atoms with Gasteiger partial charge in [-0.2, -0.15) is 0 Å². The number of amides is 2. The highest BCUT2D eigenvalue weighted by Gasteiger charge is 2.45. The summed E-state index contributed by atoms with van der Waals surface area (Å²) in [7, 11) is 1.69. The van der Waals surface area contributed by atoms with Crippen molar-refractivity contribution in [3.05, 3.63) is 47.5 Å². The maximum Gasteiger partial charge on any atom is 0.331 e. The maximum absolute atomic E-state index is 14.1. The van der Waals surface area contributed by atoms with Crippen LogP contribution in [0.2, 0.25) is 0 Å². The van der Waals surface area contributed by atoms with Crippen molar-refractivity contribution >= 4 is 17.8 Å². The van der Waals surface area contributed by atoms with E-state index in [-0.39, 0.29) is 23.3 Å². The van der Waals surface area contributed by atoms with Crippen LogP contribution in [0.4, 0.5) is 0 Å². The molecule has 1 aliphatic heterocycles. The second-order valence-corrected chi connectivity index (χ2v) is 12.4. The van der Waals surface area contributed by atoms with Gasteiger partial charge < -0.3 is 15.3 Å². The number of hydrogen-bond donors (Lipinski definition) is 2. The van der Waals surface area contributed by atoms with Crippen LogP contribution in [0.15, 0.2) is 42.0 Å². The number of hydrogen-bond acceptors (Lipinski definition) is 4. The Kier molecular flexibility index (Phi) is 10.1. The Labute approximate surface area is 223 Å². The molecule has 1 aliphatic rings. The van der Waals surface area contributed by atoms with Crippen LogP contribution in [-0.2, 0) is 19.8 Å². The third kappa shape index (κ3) is 7.44. The number of nitrogens with zero attached hydrogens (tertiary/aromatic N) is 2. The summed E-state index contributed by atoms with van der Waals surface area (Å²) in [5.74, 6) is -1.40. The van der Waals surface area contributed by atoms with Gasteiger partial charge >= 0.3 is 5.97 Å². The summed E-state index contributed by atoms with van der Waals surface area (Å²) in [4.78, 5) is 43.3. The molecule has 7 nitrogen and oxygen atoms in total. The number of benzene rings is 1. The monoisotopic (exact) mass is 513 g/mol. The molecular weight excluding hydrogens is 466 g/mol. The summed E-state index contributed by atoms with van der Waals surface area (Å²) in [5, 5.41) is 12.5. The van der Waals surface area contributed by atoms with E-state index in [9.17, 15) is 19.5 Å². The molecule has 1 saturated heterocycles. The van der Waals surface area contributed by atoms with Crippen LogP contribution in [0, 0.1) is 11.3 Å². The molecule has 0 aliphatic carbocycles. The first kappa shape index (κ1) is 30.6. The zero-order valence-electron chi connectivity index (χ0n) is 24.2. The van der Waals surface area contributed by atoms with Gasteiger partial charge in [0, 0.05) is 18.0 Å². The molecule has 1 fully saturated rings. The Hall–Kier alpha value is -2.67. The molecule has 0 aromatic heterocycles. The van der Waals surface area contributed by atoms with Gasteiger partial charge in [-0.25, -0.2) is 4.79 Å². The summed E-state index contributed by atoms with van der Waals surface area (Å²) >= 11 is 0. The van der Waals surface area contributed by atoms with Gasteiger partial charge in [-0.1, -0.05) is 84.9 Å². The Balaban J connectivity index is 2.43. The fraction of sp³-hybridized carbons (Fsp3) is 0.633. The standard InChI is InChI=1S/C30H47N3O4/c1-20(2)23(19-21(3)28(36)37)32(9)27(35)24(29(4,5)6)31-26(34)25(33-17-13-14-18-33)30(7,8)22-15-11-10-12-16-22/h10-12,15-16,19-20,23-25H,13-14,17-18H2,1-9H3,(H,31,34)(H,36,37)/t23-,24-,25-/m1/s1. The van der Waals surface area contributed by atoms with Crippen molar-refractivity contribution < 1.29 is 19.5 Å². The molecule has 0 saturated carbocycles. The topological polar surface area (TPSA) is 90.0 Å². The first-order valence-electron chi connectivity index (χ1n) is 13.4. The molecule has 2 amide bonds. The van der Waals surface area contributed by atoms with Crippen LogP contribution in [0.1, 0.15) is 73.8 Å². The normalized spacial score (nSPS) is 17.8. The third-order valence-electron chi connectivity index (χ3n) is 7.59. The Morgan fingerprint density at radius 2 is 1.57 bits per heavy atom. The molecule has 0 unspecified atom stereocenters. The molecule has 2 rings (SSSR count). The zero-order chi connectivity index (χ0) is 28.1. The molecule has 7 heteroatoms. The van der Waals surface area contributed by atoms with E-state index in [1.165, 1.54) is 6.92 Å². The highest BCUT2D eigenvalue weighted by molar-refractivity contribution is 5.91. The first-order chi connectivity index (χ1) is 17.1. The minimum Gasteiger partial charge on any atom is -0.478 e. The lowest BCUT2D eigenvalue weighted by molar-refractivity contribution is -0.142. The molecule has 1 heterocycles. The average Bonchev–Trinajstić information content (AvgIpc) is 3.33. The second kappa shape index (κ2) is 12.2. The first-order valence-corrected chi connectivity index (χ1v) is 13.4. The van der Waals surface area contributed by atoms with Gasteiger partial charge in [-0.05, 0) is 49.8 Å². The predicted octanol–water partition coefficient (Wildman–Crippen LogP) is 4.47. The average molecular weight is 514 g/mol. The SMILES string of the molecule is CC(=C[C@H](C(C)C)N(C)C(=O)[C@@H](NC(=O)[C@@H](N1CCCC1)C(C)(C)c1ccccc1)C(C)(C)C)C(=O)O. The smallest absolute Gasteiger partial charge is 0.331 e. The number of carboxylic acid groups (broad SMARTS) is 1. The van der Waals surface area contributed by atoms with Gasteiger partial charge in [0.15, 0.2) is 0 Å². The summed E-state index contributed by atoms with van der Waals surface area (Å²) in [6.07, 6.45) is 3.71.